The van der Waals surface area contributed by atoms with Crippen molar-refractivity contribution < 1.29 is 0 Å². The molecule has 0 saturated heterocycles. The third kappa shape index (κ3) is 2.33. The fourth-order valence-electron chi connectivity index (χ4n) is 2.42. The van der Waals surface area contributed by atoms with Crippen molar-refractivity contribution in [2.24, 2.45) is 0 Å². The highest BCUT2D eigenvalue weighted by atomic mass is 35.5. The summed E-state index contributed by atoms with van der Waals surface area (Å²) in [7, 11) is 0. The van der Waals surface area contributed by atoms with Crippen LogP contribution in [0.1, 0.15) is 29.3 Å². The van der Waals surface area contributed by atoms with E-state index in [0.717, 1.165) is 10.7 Å². The van der Waals surface area contributed by atoms with Crippen LogP contribution in [0.15, 0.2) is 35.7 Å². The second-order valence-corrected chi connectivity index (χ2v) is 5.84. The summed E-state index contributed by atoms with van der Waals surface area (Å²) in [5.74, 6) is 0. The van der Waals surface area contributed by atoms with E-state index < -0.39 is 0 Å². The normalized spacial score (nSPS) is 18.8. The summed E-state index contributed by atoms with van der Waals surface area (Å²) in [5, 5.41) is 6.57. The SMILES string of the molecule is Clc1cccc(NC2CCCc3sccc32)c1. The van der Waals surface area contributed by atoms with Gasteiger partial charge in [-0.15, -0.1) is 11.3 Å². The number of rotatable bonds is 2. The average Bonchev–Trinajstić information content (AvgIpc) is 2.78. The number of thiophene rings is 1. The number of fused-ring (bicyclic) bond motifs is 1. The summed E-state index contributed by atoms with van der Waals surface area (Å²) >= 11 is 7.88. The maximum atomic E-state index is 6.00. The van der Waals surface area contributed by atoms with Gasteiger partial charge in [-0.25, -0.2) is 0 Å². The molecule has 1 aliphatic rings. The first-order valence-corrected chi connectivity index (χ1v) is 7.17. The van der Waals surface area contributed by atoms with Gasteiger partial charge in [0.15, 0.2) is 0 Å². The van der Waals surface area contributed by atoms with Gasteiger partial charge in [-0.2, -0.15) is 0 Å². The molecule has 0 radical (unpaired) electrons. The molecule has 0 aliphatic heterocycles. The molecule has 1 aliphatic carbocycles. The summed E-state index contributed by atoms with van der Waals surface area (Å²) in [4.78, 5) is 1.54. The Bertz CT molecular complexity index is 520. The number of hydrogen-bond acceptors (Lipinski definition) is 2. The molecule has 88 valence electrons. The van der Waals surface area contributed by atoms with Crippen molar-refractivity contribution in [3.63, 3.8) is 0 Å². The minimum Gasteiger partial charge on any atom is -0.378 e. The summed E-state index contributed by atoms with van der Waals surface area (Å²) in [5.41, 5.74) is 2.59. The molecule has 1 N–H and O–H groups in total. The lowest BCUT2D eigenvalue weighted by molar-refractivity contribution is 0.609. The van der Waals surface area contributed by atoms with Gasteiger partial charge in [0.1, 0.15) is 0 Å². The first kappa shape index (κ1) is 11.1. The van der Waals surface area contributed by atoms with Gasteiger partial charge in [0, 0.05) is 15.6 Å². The van der Waals surface area contributed by atoms with Crippen LogP contribution < -0.4 is 5.32 Å². The van der Waals surface area contributed by atoms with Crippen molar-refractivity contribution in [1.82, 2.24) is 0 Å². The summed E-state index contributed by atoms with van der Waals surface area (Å²) in [6.45, 7) is 0. The molecule has 0 fully saturated rings. The van der Waals surface area contributed by atoms with Gasteiger partial charge in [0.05, 0.1) is 6.04 Å². The van der Waals surface area contributed by atoms with Crippen LogP contribution in [0.25, 0.3) is 0 Å². The molecule has 1 aromatic carbocycles. The first-order valence-electron chi connectivity index (χ1n) is 5.91. The van der Waals surface area contributed by atoms with E-state index in [2.05, 4.69) is 22.8 Å². The fraction of sp³-hybridized carbons (Fsp3) is 0.286. The lowest BCUT2D eigenvalue weighted by Gasteiger charge is -2.24. The predicted molar refractivity (Wildman–Crippen MR) is 75.1 cm³/mol. The molecule has 1 nitrogen and oxygen atoms in total. The standard InChI is InChI=1S/C14H14ClNS/c15-10-3-1-4-11(9-10)16-13-5-2-6-14-12(13)7-8-17-14/h1,3-4,7-9,13,16H,2,5-6H2. The molecule has 1 unspecified atom stereocenters. The van der Waals surface area contributed by atoms with Gasteiger partial charge in [-0.05, 0) is 54.5 Å². The molecule has 0 saturated carbocycles. The van der Waals surface area contributed by atoms with Crippen LogP contribution in [0.3, 0.4) is 0 Å². The zero-order valence-corrected chi connectivity index (χ0v) is 11.0. The Hall–Kier alpha value is -0.990. The van der Waals surface area contributed by atoms with Crippen LogP contribution in [0.2, 0.25) is 5.02 Å². The minimum absolute atomic E-state index is 0.448. The quantitative estimate of drug-likeness (QED) is 0.813. The third-order valence-corrected chi connectivity index (χ3v) is 4.45. The van der Waals surface area contributed by atoms with Crippen molar-refractivity contribution >= 4 is 28.6 Å². The molecule has 0 bridgehead atoms. The molecule has 0 spiro atoms. The molecule has 3 rings (SSSR count). The number of hydrogen-bond donors (Lipinski definition) is 1. The van der Waals surface area contributed by atoms with E-state index >= 15 is 0 Å². The van der Waals surface area contributed by atoms with Gasteiger partial charge in [0.2, 0.25) is 0 Å². The molecular weight excluding hydrogens is 250 g/mol. The molecule has 3 heteroatoms. The Morgan fingerprint density at radius 3 is 3.12 bits per heavy atom. The highest BCUT2D eigenvalue weighted by molar-refractivity contribution is 7.10. The van der Waals surface area contributed by atoms with Crippen molar-refractivity contribution in [3.05, 3.63) is 51.2 Å². The van der Waals surface area contributed by atoms with Gasteiger partial charge < -0.3 is 5.32 Å². The topological polar surface area (TPSA) is 12.0 Å². The maximum Gasteiger partial charge on any atom is 0.0524 e. The number of aryl methyl sites for hydroxylation is 1. The van der Waals surface area contributed by atoms with Gasteiger partial charge in [0.25, 0.3) is 0 Å². The highest BCUT2D eigenvalue weighted by Gasteiger charge is 2.20. The first-order chi connectivity index (χ1) is 8.33. The maximum absolute atomic E-state index is 6.00. The van der Waals surface area contributed by atoms with E-state index in [1.165, 1.54) is 29.7 Å². The molecule has 1 aromatic heterocycles. The van der Waals surface area contributed by atoms with E-state index in [0.29, 0.717) is 6.04 Å². The number of benzene rings is 1. The van der Waals surface area contributed by atoms with Crippen molar-refractivity contribution in [1.29, 1.82) is 0 Å². The zero-order chi connectivity index (χ0) is 11.7. The van der Waals surface area contributed by atoms with E-state index in [4.69, 9.17) is 11.6 Å². The van der Waals surface area contributed by atoms with Crippen LogP contribution in [-0.4, -0.2) is 0 Å². The summed E-state index contributed by atoms with van der Waals surface area (Å²) in [6.07, 6.45) is 3.71. The van der Waals surface area contributed by atoms with Crippen LogP contribution >= 0.6 is 22.9 Å². The minimum atomic E-state index is 0.448. The van der Waals surface area contributed by atoms with Crippen molar-refractivity contribution in [2.45, 2.75) is 25.3 Å². The average molecular weight is 264 g/mol. The van der Waals surface area contributed by atoms with Gasteiger partial charge >= 0.3 is 0 Å². The Labute approximate surface area is 110 Å². The van der Waals surface area contributed by atoms with E-state index in [9.17, 15) is 0 Å². The molecule has 17 heavy (non-hydrogen) atoms. The highest BCUT2D eigenvalue weighted by Crippen LogP contribution is 2.35. The van der Waals surface area contributed by atoms with E-state index in [-0.39, 0.29) is 0 Å². The monoisotopic (exact) mass is 263 g/mol. The third-order valence-electron chi connectivity index (χ3n) is 3.22. The lowest BCUT2D eigenvalue weighted by Crippen LogP contribution is -2.15. The van der Waals surface area contributed by atoms with Gasteiger partial charge in [-0.3, -0.25) is 0 Å². The van der Waals surface area contributed by atoms with Crippen LogP contribution in [0.5, 0.6) is 0 Å². The zero-order valence-electron chi connectivity index (χ0n) is 9.45. The van der Waals surface area contributed by atoms with Gasteiger partial charge in [-0.1, -0.05) is 17.7 Å². The molecule has 1 heterocycles. The Morgan fingerprint density at radius 1 is 1.29 bits per heavy atom. The number of anilines is 1. The Morgan fingerprint density at radius 2 is 2.24 bits per heavy atom. The van der Waals surface area contributed by atoms with E-state index in [1.54, 1.807) is 0 Å². The van der Waals surface area contributed by atoms with Crippen LogP contribution in [0.4, 0.5) is 5.69 Å². The summed E-state index contributed by atoms with van der Waals surface area (Å²) in [6, 6.07) is 10.7. The predicted octanol–water partition coefficient (Wildman–Crippen LogP) is 4.89. The van der Waals surface area contributed by atoms with Crippen LogP contribution in [0, 0.1) is 0 Å². The summed E-state index contributed by atoms with van der Waals surface area (Å²) < 4.78 is 0. The van der Waals surface area contributed by atoms with E-state index in [1.807, 2.05) is 29.5 Å². The second kappa shape index (κ2) is 4.71. The smallest absolute Gasteiger partial charge is 0.0524 e. The van der Waals surface area contributed by atoms with Crippen LogP contribution in [-0.2, 0) is 6.42 Å². The number of nitrogens with one attached hydrogen (secondary N) is 1. The van der Waals surface area contributed by atoms with Crippen molar-refractivity contribution in [3.8, 4) is 0 Å². The fourth-order valence-corrected chi connectivity index (χ4v) is 3.59. The molecule has 0 amide bonds. The van der Waals surface area contributed by atoms with Crippen molar-refractivity contribution in [2.75, 3.05) is 5.32 Å². The molecular formula is C14H14ClNS. The molecule has 2 aromatic rings. The second-order valence-electron chi connectivity index (χ2n) is 4.40. The lowest BCUT2D eigenvalue weighted by atomic mass is 9.94. The Kier molecular flexibility index (Phi) is 3.08. The largest absolute Gasteiger partial charge is 0.378 e. The number of halogens is 1. The molecule has 1 atom stereocenters. The Balaban J connectivity index is 1.84.